The van der Waals surface area contributed by atoms with E-state index in [2.05, 4.69) is 19.1 Å². The largest absolute Gasteiger partial charge is 0.493 e. The summed E-state index contributed by atoms with van der Waals surface area (Å²) in [6, 6.07) is 4.19. The monoisotopic (exact) mass is 204 g/mol. The third kappa shape index (κ3) is 1.72. The SMILES string of the molecule is C/C=C/c1cc(OC)c2c(c1)C(C)CO2. The van der Waals surface area contributed by atoms with E-state index >= 15 is 0 Å². The molecule has 0 N–H and O–H groups in total. The summed E-state index contributed by atoms with van der Waals surface area (Å²) in [6.45, 7) is 4.94. The fourth-order valence-electron chi connectivity index (χ4n) is 1.90. The summed E-state index contributed by atoms with van der Waals surface area (Å²) in [5, 5.41) is 0. The van der Waals surface area contributed by atoms with Gasteiger partial charge in [-0.1, -0.05) is 19.1 Å². The molecule has 0 saturated heterocycles. The standard InChI is InChI=1S/C13H16O2/c1-4-5-10-6-11-9(2)8-15-13(11)12(7-10)14-3/h4-7,9H,8H2,1-3H3/b5-4+. The van der Waals surface area contributed by atoms with Gasteiger partial charge in [0.25, 0.3) is 0 Å². The Morgan fingerprint density at radius 1 is 1.47 bits per heavy atom. The van der Waals surface area contributed by atoms with Gasteiger partial charge in [-0.3, -0.25) is 0 Å². The minimum Gasteiger partial charge on any atom is -0.493 e. The summed E-state index contributed by atoms with van der Waals surface area (Å²) >= 11 is 0. The van der Waals surface area contributed by atoms with E-state index in [-0.39, 0.29) is 0 Å². The van der Waals surface area contributed by atoms with Gasteiger partial charge in [-0.15, -0.1) is 0 Å². The molecule has 0 aliphatic carbocycles. The molecule has 1 heterocycles. The molecule has 1 aliphatic heterocycles. The third-order valence-electron chi connectivity index (χ3n) is 2.69. The highest BCUT2D eigenvalue weighted by atomic mass is 16.5. The van der Waals surface area contributed by atoms with Crippen LogP contribution in [-0.4, -0.2) is 13.7 Å². The van der Waals surface area contributed by atoms with Gasteiger partial charge in [-0.25, -0.2) is 0 Å². The molecule has 1 aromatic rings. The normalized spacial score (nSPS) is 19.0. The fraction of sp³-hybridized carbons (Fsp3) is 0.385. The first-order chi connectivity index (χ1) is 7.26. The van der Waals surface area contributed by atoms with E-state index in [4.69, 9.17) is 9.47 Å². The van der Waals surface area contributed by atoms with Crippen LogP contribution in [0.1, 0.15) is 30.9 Å². The number of rotatable bonds is 2. The lowest BCUT2D eigenvalue weighted by Crippen LogP contribution is -1.93. The number of benzene rings is 1. The number of ether oxygens (including phenoxy) is 2. The summed E-state index contributed by atoms with van der Waals surface area (Å²) in [5.41, 5.74) is 2.42. The highest BCUT2D eigenvalue weighted by Crippen LogP contribution is 2.42. The summed E-state index contributed by atoms with van der Waals surface area (Å²) in [6.07, 6.45) is 4.11. The Morgan fingerprint density at radius 3 is 2.93 bits per heavy atom. The molecule has 15 heavy (non-hydrogen) atoms. The van der Waals surface area contributed by atoms with E-state index in [1.165, 1.54) is 11.1 Å². The minimum atomic E-state index is 0.458. The maximum atomic E-state index is 5.62. The number of hydrogen-bond donors (Lipinski definition) is 0. The van der Waals surface area contributed by atoms with E-state index in [0.29, 0.717) is 5.92 Å². The van der Waals surface area contributed by atoms with E-state index < -0.39 is 0 Å². The second-order valence-corrected chi connectivity index (χ2v) is 3.85. The van der Waals surface area contributed by atoms with E-state index in [1.54, 1.807) is 7.11 Å². The molecule has 2 rings (SSSR count). The van der Waals surface area contributed by atoms with Crippen LogP contribution in [0.3, 0.4) is 0 Å². The molecule has 0 saturated carbocycles. The zero-order chi connectivity index (χ0) is 10.8. The molecule has 2 nitrogen and oxygen atoms in total. The van der Waals surface area contributed by atoms with Crippen LogP contribution in [0.2, 0.25) is 0 Å². The van der Waals surface area contributed by atoms with Crippen molar-refractivity contribution in [1.82, 2.24) is 0 Å². The molecule has 1 unspecified atom stereocenters. The summed E-state index contributed by atoms with van der Waals surface area (Å²) in [5.74, 6) is 2.21. The van der Waals surface area contributed by atoms with Crippen molar-refractivity contribution in [3.05, 3.63) is 29.3 Å². The van der Waals surface area contributed by atoms with E-state index in [9.17, 15) is 0 Å². The summed E-state index contributed by atoms with van der Waals surface area (Å²) in [4.78, 5) is 0. The summed E-state index contributed by atoms with van der Waals surface area (Å²) in [7, 11) is 1.68. The molecule has 2 heteroatoms. The third-order valence-corrected chi connectivity index (χ3v) is 2.69. The van der Waals surface area contributed by atoms with Crippen molar-refractivity contribution in [2.24, 2.45) is 0 Å². The second-order valence-electron chi connectivity index (χ2n) is 3.85. The molecule has 0 aromatic heterocycles. The lowest BCUT2D eigenvalue weighted by atomic mass is 10.00. The van der Waals surface area contributed by atoms with Crippen LogP contribution in [0.5, 0.6) is 11.5 Å². The Kier molecular flexibility index (Phi) is 2.67. The smallest absolute Gasteiger partial charge is 0.164 e. The Morgan fingerprint density at radius 2 is 2.27 bits per heavy atom. The number of fused-ring (bicyclic) bond motifs is 1. The van der Waals surface area contributed by atoms with Gasteiger partial charge in [0.15, 0.2) is 11.5 Å². The van der Waals surface area contributed by atoms with Crippen molar-refractivity contribution in [3.63, 3.8) is 0 Å². The quantitative estimate of drug-likeness (QED) is 0.736. The van der Waals surface area contributed by atoms with Gasteiger partial charge < -0.3 is 9.47 Å². The Labute approximate surface area is 90.5 Å². The molecule has 1 aromatic carbocycles. The molecule has 0 radical (unpaired) electrons. The summed E-state index contributed by atoms with van der Waals surface area (Å²) < 4.78 is 11.0. The lowest BCUT2D eigenvalue weighted by Gasteiger charge is -2.08. The average molecular weight is 204 g/mol. The molecular formula is C13H16O2. The van der Waals surface area contributed by atoms with E-state index in [0.717, 1.165) is 18.1 Å². The first-order valence-electron chi connectivity index (χ1n) is 5.23. The predicted molar refractivity (Wildman–Crippen MR) is 61.6 cm³/mol. The van der Waals surface area contributed by atoms with Gasteiger partial charge in [0, 0.05) is 11.5 Å². The first-order valence-corrected chi connectivity index (χ1v) is 5.23. The molecule has 80 valence electrons. The van der Waals surface area contributed by atoms with Gasteiger partial charge in [-0.2, -0.15) is 0 Å². The Balaban J connectivity index is 2.53. The highest BCUT2D eigenvalue weighted by molar-refractivity contribution is 5.61. The maximum Gasteiger partial charge on any atom is 0.164 e. The van der Waals surface area contributed by atoms with Crippen molar-refractivity contribution in [2.45, 2.75) is 19.8 Å². The molecule has 0 amide bonds. The van der Waals surface area contributed by atoms with E-state index in [1.807, 2.05) is 19.1 Å². The van der Waals surface area contributed by atoms with Crippen LogP contribution in [0, 0.1) is 0 Å². The van der Waals surface area contributed by atoms with Crippen molar-refractivity contribution in [2.75, 3.05) is 13.7 Å². The molecule has 0 fully saturated rings. The number of methoxy groups -OCH3 is 1. The van der Waals surface area contributed by atoms with Crippen LogP contribution >= 0.6 is 0 Å². The Hall–Kier alpha value is -1.44. The number of allylic oxidation sites excluding steroid dienone is 1. The minimum absolute atomic E-state index is 0.458. The van der Waals surface area contributed by atoms with Crippen LogP contribution < -0.4 is 9.47 Å². The van der Waals surface area contributed by atoms with Gasteiger partial charge in [0.05, 0.1) is 13.7 Å². The van der Waals surface area contributed by atoms with Crippen molar-refractivity contribution < 1.29 is 9.47 Å². The second kappa shape index (κ2) is 3.97. The van der Waals surface area contributed by atoms with Gasteiger partial charge in [0.2, 0.25) is 0 Å². The molecule has 0 spiro atoms. The van der Waals surface area contributed by atoms with Crippen molar-refractivity contribution in [3.8, 4) is 11.5 Å². The number of hydrogen-bond acceptors (Lipinski definition) is 2. The predicted octanol–water partition coefficient (Wildman–Crippen LogP) is 3.22. The van der Waals surface area contributed by atoms with Crippen LogP contribution in [0.4, 0.5) is 0 Å². The van der Waals surface area contributed by atoms with Crippen LogP contribution in [-0.2, 0) is 0 Å². The van der Waals surface area contributed by atoms with Crippen LogP contribution in [0.15, 0.2) is 18.2 Å². The zero-order valence-corrected chi connectivity index (χ0v) is 9.41. The molecule has 0 bridgehead atoms. The van der Waals surface area contributed by atoms with Crippen molar-refractivity contribution in [1.29, 1.82) is 0 Å². The maximum absolute atomic E-state index is 5.62. The molecule has 1 aliphatic rings. The molecular weight excluding hydrogens is 188 g/mol. The van der Waals surface area contributed by atoms with Gasteiger partial charge in [-0.05, 0) is 24.6 Å². The highest BCUT2D eigenvalue weighted by Gasteiger charge is 2.24. The van der Waals surface area contributed by atoms with Crippen molar-refractivity contribution >= 4 is 6.08 Å². The average Bonchev–Trinajstić information content (AvgIpc) is 2.60. The topological polar surface area (TPSA) is 18.5 Å². The lowest BCUT2D eigenvalue weighted by molar-refractivity contribution is 0.313. The van der Waals surface area contributed by atoms with Crippen LogP contribution in [0.25, 0.3) is 6.08 Å². The first kappa shape index (κ1) is 10.1. The molecule has 1 atom stereocenters. The fourth-order valence-corrected chi connectivity index (χ4v) is 1.90. The van der Waals surface area contributed by atoms with Gasteiger partial charge in [0.1, 0.15) is 0 Å². The zero-order valence-electron chi connectivity index (χ0n) is 9.41. The van der Waals surface area contributed by atoms with Gasteiger partial charge >= 0.3 is 0 Å². The Bertz CT molecular complexity index is 394.